The molecule has 1 heterocycles. The summed E-state index contributed by atoms with van der Waals surface area (Å²) >= 11 is 3.31. The third-order valence-corrected chi connectivity index (χ3v) is 2.89. The van der Waals surface area contributed by atoms with Crippen LogP contribution in [0.4, 0.5) is 11.4 Å². The molecule has 17 heavy (non-hydrogen) atoms. The lowest BCUT2D eigenvalue weighted by Crippen LogP contribution is -2.12. The number of halogens is 1. The lowest BCUT2D eigenvalue weighted by atomic mass is 10.2. The van der Waals surface area contributed by atoms with Crippen molar-refractivity contribution in [2.45, 2.75) is 0 Å². The summed E-state index contributed by atoms with van der Waals surface area (Å²) < 4.78 is 2.32. The van der Waals surface area contributed by atoms with Crippen molar-refractivity contribution >= 4 is 33.2 Å². The molecule has 0 spiro atoms. The van der Waals surface area contributed by atoms with E-state index in [0.29, 0.717) is 21.4 Å². The summed E-state index contributed by atoms with van der Waals surface area (Å²) in [5.41, 5.74) is 7.33. The molecule has 0 unspecified atom stereocenters. The predicted molar refractivity (Wildman–Crippen MR) is 69.7 cm³/mol. The van der Waals surface area contributed by atoms with Crippen molar-refractivity contribution in [1.82, 2.24) is 9.78 Å². The molecule has 0 aliphatic rings. The zero-order valence-electron chi connectivity index (χ0n) is 9.14. The number of nitrogens with zero attached hydrogens (tertiary/aromatic N) is 2. The van der Waals surface area contributed by atoms with Crippen LogP contribution in [-0.4, -0.2) is 15.7 Å². The standard InChI is InChI=1S/C11H11BrN4O/c1-16-6-8(5-14-16)15-11(17)9-4-7(13)2-3-10(9)12/h2-6H,13H2,1H3,(H,15,17). The van der Waals surface area contributed by atoms with E-state index in [1.165, 1.54) is 0 Å². The van der Waals surface area contributed by atoms with E-state index in [-0.39, 0.29) is 5.91 Å². The van der Waals surface area contributed by atoms with E-state index in [1.54, 1.807) is 42.3 Å². The van der Waals surface area contributed by atoms with E-state index < -0.39 is 0 Å². The van der Waals surface area contributed by atoms with E-state index in [1.807, 2.05) is 0 Å². The Morgan fingerprint density at radius 1 is 1.53 bits per heavy atom. The third kappa shape index (κ3) is 2.65. The smallest absolute Gasteiger partial charge is 0.256 e. The van der Waals surface area contributed by atoms with Crippen LogP contribution in [0.25, 0.3) is 0 Å². The number of hydrogen-bond donors (Lipinski definition) is 2. The monoisotopic (exact) mass is 294 g/mol. The van der Waals surface area contributed by atoms with Crippen LogP contribution in [0.2, 0.25) is 0 Å². The van der Waals surface area contributed by atoms with Gasteiger partial charge in [0.2, 0.25) is 0 Å². The van der Waals surface area contributed by atoms with Crippen LogP contribution in [0, 0.1) is 0 Å². The molecule has 0 bridgehead atoms. The minimum Gasteiger partial charge on any atom is -0.399 e. The zero-order valence-corrected chi connectivity index (χ0v) is 10.7. The first kappa shape index (κ1) is 11.7. The number of carbonyl (C=O) groups excluding carboxylic acids is 1. The molecule has 0 atom stereocenters. The van der Waals surface area contributed by atoms with Crippen LogP contribution in [0.5, 0.6) is 0 Å². The molecule has 88 valence electrons. The highest BCUT2D eigenvalue weighted by Gasteiger charge is 2.11. The minimum atomic E-state index is -0.225. The van der Waals surface area contributed by atoms with Gasteiger partial charge in [-0.25, -0.2) is 0 Å². The number of nitrogen functional groups attached to an aromatic ring is 1. The second kappa shape index (κ2) is 4.58. The molecule has 2 rings (SSSR count). The molecule has 0 fully saturated rings. The first-order valence-corrected chi connectivity index (χ1v) is 5.70. The van der Waals surface area contributed by atoms with Gasteiger partial charge in [-0.2, -0.15) is 5.10 Å². The maximum atomic E-state index is 12.0. The molecule has 0 saturated carbocycles. The number of aromatic nitrogens is 2. The fourth-order valence-corrected chi connectivity index (χ4v) is 1.83. The van der Waals surface area contributed by atoms with Gasteiger partial charge in [0.25, 0.3) is 5.91 Å². The molecular weight excluding hydrogens is 284 g/mol. The lowest BCUT2D eigenvalue weighted by molar-refractivity contribution is 0.102. The maximum absolute atomic E-state index is 12.0. The fourth-order valence-electron chi connectivity index (χ4n) is 1.40. The molecule has 1 aromatic heterocycles. The van der Waals surface area contributed by atoms with Crippen LogP contribution in [0.15, 0.2) is 35.1 Å². The van der Waals surface area contributed by atoms with E-state index in [9.17, 15) is 4.79 Å². The highest BCUT2D eigenvalue weighted by atomic mass is 79.9. The first-order valence-electron chi connectivity index (χ1n) is 4.91. The van der Waals surface area contributed by atoms with Gasteiger partial charge in [-0.15, -0.1) is 0 Å². The van der Waals surface area contributed by atoms with Gasteiger partial charge in [0.15, 0.2) is 0 Å². The number of rotatable bonds is 2. The van der Waals surface area contributed by atoms with Gasteiger partial charge >= 0.3 is 0 Å². The van der Waals surface area contributed by atoms with E-state index in [4.69, 9.17) is 5.73 Å². The quantitative estimate of drug-likeness (QED) is 0.832. The SMILES string of the molecule is Cn1cc(NC(=O)c2cc(N)ccc2Br)cn1. The maximum Gasteiger partial charge on any atom is 0.256 e. The lowest BCUT2D eigenvalue weighted by Gasteiger charge is -2.05. The number of aryl methyl sites for hydroxylation is 1. The van der Waals surface area contributed by atoms with Crippen molar-refractivity contribution in [3.05, 3.63) is 40.6 Å². The van der Waals surface area contributed by atoms with Crippen LogP contribution < -0.4 is 11.1 Å². The fraction of sp³-hybridized carbons (Fsp3) is 0.0909. The number of amides is 1. The molecule has 3 N–H and O–H groups in total. The topological polar surface area (TPSA) is 72.9 Å². The summed E-state index contributed by atoms with van der Waals surface area (Å²) in [7, 11) is 1.78. The summed E-state index contributed by atoms with van der Waals surface area (Å²) in [5, 5.41) is 6.71. The second-order valence-electron chi connectivity index (χ2n) is 3.60. The van der Waals surface area contributed by atoms with Crippen LogP contribution >= 0.6 is 15.9 Å². The van der Waals surface area contributed by atoms with E-state index >= 15 is 0 Å². The molecule has 0 saturated heterocycles. The van der Waals surface area contributed by atoms with E-state index in [2.05, 4.69) is 26.3 Å². The molecule has 0 radical (unpaired) electrons. The average molecular weight is 295 g/mol. The minimum absolute atomic E-state index is 0.225. The Labute approximate surface area is 107 Å². The van der Waals surface area contributed by atoms with Crippen LogP contribution in [0.1, 0.15) is 10.4 Å². The number of anilines is 2. The van der Waals surface area contributed by atoms with Gasteiger partial charge in [0.05, 0.1) is 17.4 Å². The number of hydrogen-bond acceptors (Lipinski definition) is 3. The van der Waals surface area contributed by atoms with Gasteiger partial charge in [-0.05, 0) is 34.1 Å². The number of carbonyl (C=O) groups is 1. The Morgan fingerprint density at radius 3 is 2.94 bits per heavy atom. The molecular formula is C11H11BrN4O. The molecule has 0 aliphatic carbocycles. The van der Waals surface area contributed by atoms with Crippen molar-refractivity contribution in [3.63, 3.8) is 0 Å². The third-order valence-electron chi connectivity index (χ3n) is 2.20. The zero-order chi connectivity index (χ0) is 12.4. The van der Waals surface area contributed by atoms with Crippen LogP contribution in [0.3, 0.4) is 0 Å². The Bertz CT molecular complexity index is 564. The number of benzene rings is 1. The van der Waals surface area contributed by atoms with E-state index in [0.717, 1.165) is 0 Å². The highest BCUT2D eigenvalue weighted by Crippen LogP contribution is 2.20. The molecule has 0 aliphatic heterocycles. The van der Waals surface area contributed by atoms with Gasteiger partial charge in [-0.3, -0.25) is 9.48 Å². The van der Waals surface area contributed by atoms with Crippen molar-refractivity contribution in [3.8, 4) is 0 Å². The number of nitrogens with two attached hydrogens (primary N) is 1. The largest absolute Gasteiger partial charge is 0.399 e. The van der Waals surface area contributed by atoms with Crippen LogP contribution in [-0.2, 0) is 7.05 Å². The molecule has 5 nitrogen and oxygen atoms in total. The molecule has 1 amide bonds. The van der Waals surface area contributed by atoms with Crippen molar-refractivity contribution in [2.75, 3.05) is 11.1 Å². The predicted octanol–water partition coefficient (Wildman–Crippen LogP) is 2.02. The summed E-state index contributed by atoms with van der Waals surface area (Å²) in [6.07, 6.45) is 3.30. The molecule has 2 aromatic rings. The van der Waals surface area contributed by atoms with Crippen molar-refractivity contribution in [2.24, 2.45) is 7.05 Å². The molecule has 6 heteroatoms. The second-order valence-corrected chi connectivity index (χ2v) is 4.45. The summed E-state index contributed by atoms with van der Waals surface area (Å²) in [5.74, 6) is -0.225. The van der Waals surface area contributed by atoms with Crippen molar-refractivity contribution < 1.29 is 4.79 Å². The summed E-state index contributed by atoms with van der Waals surface area (Å²) in [4.78, 5) is 12.0. The number of nitrogens with one attached hydrogen (secondary N) is 1. The van der Waals surface area contributed by atoms with Gasteiger partial charge in [0, 0.05) is 23.4 Å². The average Bonchev–Trinajstić information content (AvgIpc) is 2.67. The summed E-state index contributed by atoms with van der Waals surface area (Å²) in [6.45, 7) is 0. The molecule has 1 aromatic carbocycles. The normalized spacial score (nSPS) is 10.2. The van der Waals surface area contributed by atoms with Gasteiger partial charge in [-0.1, -0.05) is 0 Å². The first-order chi connectivity index (χ1) is 8.06. The Morgan fingerprint density at radius 2 is 2.29 bits per heavy atom. The van der Waals surface area contributed by atoms with Gasteiger partial charge in [0.1, 0.15) is 0 Å². The summed E-state index contributed by atoms with van der Waals surface area (Å²) in [6, 6.07) is 5.09. The highest BCUT2D eigenvalue weighted by molar-refractivity contribution is 9.10. The van der Waals surface area contributed by atoms with Crippen molar-refractivity contribution in [1.29, 1.82) is 0 Å². The van der Waals surface area contributed by atoms with Gasteiger partial charge < -0.3 is 11.1 Å². The Kier molecular flexibility index (Phi) is 3.14. The Balaban J connectivity index is 2.22. The Hall–Kier alpha value is -1.82.